The molecule has 146 valence electrons. The van der Waals surface area contributed by atoms with E-state index in [9.17, 15) is 27.6 Å². The summed E-state index contributed by atoms with van der Waals surface area (Å²) in [5, 5.41) is 2.51. The molecule has 0 unspecified atom stereocenters. The Morgan fingerprint density at radius 3 is 2.50 bits per heavy atom. The fraction of sp³-hybridized carbons (Fsp3) is 0.167. The first-order valence-corrected chi connectivity index (χ1v) is 7.99. The molecule has 0 spiro atoms. The number of nitrogens with one attached hydrogen (secondary N) is 3. The van der Waals surface area contributed by atoms with Gasteiger partial charge in [-0.2, -0.15) is 13.2 Å². The number of anilines is 1. The van der Waals surface area contributed by atoms with Crippen LogP contribution in [0.3, 0.4) is 0 Å². The Morgan fingerprint density at radius 1 is 1.07 bits per heavy atom. The zero-order valence-electron chi connectivity index (χ0n) is 14.4. The van der Waals surface area contributed by atoms with E-state index in [0.29, 0.717) is 11.8 Å². The number of ether oxygens (including phenoxy) is 1. The first-order valence-electron chi connectivity index (χ1n) is 7.99. The lowest BCUT2D eigenvalue weighted by atomic mass is 10.0. The van der Waals surface area contributed by atoms with E-state index in [1.807, 2.05) is 10.9 Å². The zero-order valence-corrected chi connectivity index (χ0v) is 14.4. The molecule has 0 radical (unpaired) electrons. The molecule has 2 aromatic carbocycles. The Balaban J connectivity index is 1.70. The molecule has 0 saturated heterocycles. The molecule has 2 aromatic rings. The van der Waals surface area contributed by atoms with Gasteiger partial charge in [-0.1, -0.05) is 18.2 Å². The van der Waals surface area contributed by atoms with Crippen molar-refractivity contribution in [3.05, 3.63) is 59.7 Å². The molecule has 0 saturated carbocycles. The highest BCUT2D eigenvalue weighted by Gasteiger charge is 2.47. The number of fused-ring (bicyclic) bond motifs is 1. The molecule has 1 aliphatic heterocycles. The zero-order chi connectivity index (χ0) is 20.5. The minimum atomic E-state index is -4.62. The summed E-state index contributed by atoms with van der Waals surface area (Å²) >= 11 is 0. The second-order valence-corrected chi connectivity index (χ2v) is 6.07. The van der Waals surface area contributed by atoms with Crippen molar-refractivity contribution >= 4 is 23.4 Å². The lowest BCUT2D eigenvalue weighted by molar-refractivity contribution is -0.147. The average molecular weight is 393 g/mol. The summed E-state index contributed by atoms with van der Waals surface area (Å²) in [5.41, 5.74) is 1.04. The molecule has 0 aromatic heterocycles. The largest absolute Gasteiger partial charge is 0.465 e. The lowest BCUT2D eigenvalue weighted by Crippen LogP contribution is -2.61. The van der Waals surface area contributed by atoms with E-state index in [1.165, 1.54) is 6.92 Å². The molecule has 7 nitrogen and oxygen atoms in total. The maximum absolute atomic E-state index is 12.7. The van der Waals surface area contributed by atoms with Gasteiger partial charge in [0.1, 0.15) is 5.75 Å². The number of halogens is 3. The van der Waals surface area contributed by atoms with Crippen molar-refractivity contribution < 1.29 is 32.3 Å². The van der Waals surface area contributed by atoms with E-state index < -0.39 is 35.1 Å². The van der Waals surface area contributed by atoms with E-state index in [1.54, 1.807) is 24.3 Å². The second kappa shape index (κ2) is 6.87. The number of carbonyl (C=O) groups excluding carboxylic acids is 3. The summed E-state index contributed by atoms with van der Waals surface area (Å²) < 4.78 is 43.7. The normalized spacial score (nSPS) is 18.4. The molecule has 1 atom stereocenters. The van der Waals surface area contributed by atoms with Crippen LogP contribution in [-0.4, -0.2) is 23.3 Å². The van der Waals surface area contributed by atoms with Crippen LogP contribution in [0.25, 0.3) is 0 Å². The van der Waals surface area contributed by atoms with Gasteiger partial charge in [-0.3, -0.25) is 25.2 Å². The molecule has 28 heavy (non-hydrogen) atoms. The van der Waals surface area contributed by atoms with Crippen LogP contribution in [0.5, 0.6) is 5.75 Å². The molecular weight excluding hydrogens is 379 g/mol. The molecule has 0 bridgehead atoms. The Labute approximate surface area is 156 Å². The molecule has 0 fully saturated rings. The average Bonchev–Trinajstić information content (AvgIpc) is 2.66. The summed E-state index contributed by atoms with van der Waals surface area (Å²) in [4.78, 5) is 36.7. The van der Waals surface area contributed by atoms with Crippen molar-refractivity contribution in [2.45, 2.75) is 18.7 Å². The standard InChI is InChI=1S/C18H14F3N3O4/c1-17(15(26)22-12-7-2-3-8-13(12)28-17)16(27)24-23-14(25)10-5-4-6-11(9-10)18(19,20)21/h2-9H,1H3,(H,22,26)(H,23,25)(H,24,27)/t17-/m0/s1. The van der Waals surface area contributed by atoms with Crippen molar-refractivity contribution in [3.63, 3.8) is 0 Å². The van der Waals surface area contributed by atoms with Crippen LogP contribution >= 0.6 is 0 Å². The highest BCUT2D eigenvalue weighted by molar-refractivity contribution is 6.15. The lowest BCUT2D eigenvalue weighted by Gasteiger charge is -2.33. The summed E-state index contributed by atoms with van der Waals surface area (Å²) in [6.07, 6.45) is -4.62. The number of alkyl halides is 3. The predicted octanol–water partition coefficient (Wildman–Crippen LogP) is 2.26. The van der Waals surface area contributed by atoms with Gasteiger partial charge in [0.15, 0.2) is 0 Å². The van der Waals surface area contributed by atoms with E-state index in [2.05, 4.69) is 5.32 Å². The number of para-hydroxylation sites is 2. The molecular formula is C18H14F3N3O4. The molecule has 3 N–H and O–H groups in total. The van der Waals surface area contributed by atoms with Crippen LogP contribution < -0.4 is 20.9 Å². The molecule has 3 rings (SSSR count). The van der Waals surface area contributed by atoms with Gasteiger partial charge in [0.2, 0.25) is 0 Å². The number of rotatable bonds is 2. The first kappa shape index (κ1) is 19.2. The van der Waals surface area contributed by atoms with E-state index in [-0.39, 0.29) is 11.3 Å². The van der Waals surface area contributed by atoms with Crippen LogP contribution in [0.2, 0.25) is 0 Å². The van der Waals surface area contributed by atoms with Crippen LogP contribution in [-0.2, 0) is 15.8 Å². The maximum Gasteiger partial charge on any atom is 0.416 e. The monoisotopic (exact) mass is 393 g/mol. The van der Waals surface area contributed by atoms with Gasteiger partial charge in [0, 0.05) is 5.56 Å². The molecule has 1 aliphatic rings. The third-order valence-electron chi connectivity index (χ3n) is 4.06. The first-order chi connectivity index (χ1) is 13.1. The number of benzene rings is 2. The summed E-state index contributed by atoms with van der Waals surface area (Å²) in [6, 6.07) is 10.1. The van der Waals surface area contributed by atoms with Crippen LogP contribution in [0.1, 0.15) is 22.8 Å². The number of hydrogen-bond donors (Lipinski definition) is 3. The van der Waals surface area contributed by atoms with Crippen molar-refractivity contribution in [3.8, 4) is 5.75 Å². The Morgan fingerprint density at radius 2 is 1.79 bits per heavy atom. The van der Waals surface area contributed by atoms with Crippen molar-refractivity contribution in [2.75, 3.05) is 5.32 Å². The predicted molar refractivity (Wildman–Crippen MR) is 91.2 cm³/mol. The SMILES string of the molecule is C[C@]1(C(=O)NNC(=O)c2cccc(C(F)(F)F)c2)Oc2ccccc2NC1=O. The summed E-state index contributed by atoms with van der Waals surface area (Å²) in [5.74, 6) is -2.50. The minimum Gasteiger partial charge on any atom is -0.465 e. The van der Waals surface area contributed by atoms with Gasteiger partial charge < -0.3 is 10.1 Å². The number of hydrogen-bond acceptors (Lipinski definition) is 4. The fourth-order valence-corrected chi connectivity index (χ4v) is 2.46. The fourth-order valence-electron chi connectivity index (χ4n) is 2.46. The van der Waals surface area contributed by atoms with Crippen LogP contribution in [0, 0.1) is 0 Å². The topological polar surface area (TPSA) is 96.5 Å². The second-order valence-electron chi connectivity index (χ2n) is 6.07. The molecule has 3 amide bonds. The molecule has 0 aliphatic carbocycles. The van der Waals surface area contributed by atoms with Gasteiger partial charge in [-0.05, 0) is 37.3 Å². The summed E-state index contributed by atoms with van der Waals surface area (Å²) in [7, 11) is 0. The van der Waals surface area contributed by atoms with Gasteiger partial charge in [0.25, 0.3) is 23.3 Å². The molecule has 1 heterocycles. The van der Waals surface area contributed by atoms with Gasteiger partial charge in [-0.15, -0.1) is 0 Å². The van der Waals surface area contributed by atoms with E-state index in [4.69, 9.17) is 4.74 Å². The Kier molecular flexibility index (Phi) is 4.72. The highest BCUT2D eigenvalue weighted by atomic mass is 19.4. The number of carbonyl (C=O) groups is 3. The Bertz CT molecular complexity index is 961. The maximum atomic E-state index is 12.7. The van der Waals surface area contributed by atoms with Gasteiger partial charge >= 0.3 is 6.18 Å². The highest BCUT2D eigenvalue weighted by Crippen LogP contribution is 2.33. The van der Waals surface area contributed by atoms with Crippen molar-refractivity contribution in [1.82, 2.24) is 10.9 Å². The van der Waals surface area contributed by atoms with Crippen molar-refractivity contribution in [2.24, 2.45) is 0 Å². The minimum absolute atomic E-state index is 0.254. The third-order valence-corrected chi connectivity index (χ3v) is 4.06. The van der Waals surface area contributed by atoms with Gasteiger partial charge in [0.05, 0.1) is 11.3 Å². The van der Waals surface area contributed by atoms with Gasteiger partial charge in [-0.25, -0.2) is 0 Å². The van der Waals surface area contributed by atoms with Crippen LogP contribution in [0.15, 0.2) is 48.5 Å². The van der Waals surface area contributed by atoms with E-state index >= 15 is 0 Å². The molecule has 10 heteroatoms. The number of hydrazine groups is 1. The van der Waals surface area contributed by atoms with E-state index in [0.717, 1.165) is 18.2 Å². The van der Waals surface area contributed by atoms with Crippen LogP contribution in [0.4, 0.5) is 18.9 Å². The number of amides is 3. The third kappa shape index (κ3) is 3.61. The Hall–Kier alpha value is -3.56. The smallest absolute Gasteiger partial charge is 0.416 e. The summed E-state index contributed by atoms with van der Waals surface area (Å²) in [6.45, 7) is 1.20. The van der Waals surface area contributed by atoms with Crippen molar-refractivity contribution in [1.29, 1.82) is 0 Å². The quantitative estimate of drug-likeness (QED) is 0.539.